The first-order valence-corrected chi connectivity index (χ1v) is 9.27. The van der Waals surface area contributed by atoms with Crippen molar-refractivity contribution in [3.63, 3.8) is 0 Å². The molecule has 1 atom stereocenters. The van der Waals surface area contributed by atoms with Gasteiger partial charge in [0.15, 0.2) is 5.78 Å². The summed E-state index contributed by atoms with van der Waals surface area (Å²) in [4.78, 5) is 27.4. The van der Waals surface area contributed by atoms with Gasteiger partial charge in [0, 0.05) is 31.8 Å². The number of hydrogen-bond donors (Lipinski definition) is 1. The minimum absolute atomic E-state index is 0.0388. The minimum Gasteiger partial charge on any atom is -0.497 e. The summed E-state index contributed by atoms with van der Waals surface area (Å²) in [5.74, 6) is 0.920. The first-order chi connectivity index (χ1) is 13.5. The summed E-state index contributed by atoms with van der Waals surface area (Å²) in [6, 6.07) is 5.22. The van der Waals surface area contributed by atoms with Crippen LogP contribution < -0.4 is 14.8 Å². The number of amides is 1. The molecule has 1 N–H and O–H groups in total. The number of hydrogen-bond acceptors (Lipinski definition) is 6. The summed E-state index contributed by atoms with van der Waals surface area (Å²) in [5.41, 5.74) is 1.22. The van der Waals surface area contributed by atoms with Crippen LogP contribution in [0.15, 0.2) is 30.6 Å². The summed E-state index contributed by atoms with van der Waals surface area (Å²) in [7, 11) is 4.91. The van der Waals surface area contributed by atoms with Gasteiger partial charge in [-0.1, -0.05) is 0 Å². The Labute approximate surface area is 164 Å². The number of benzene rings is 1. The van der Waals surface area contributed by atoms with Crippen molar-refractivity contribution in [2.45, 2.75) is 12.8 Å². The maximum atomic E-state index is 13.0. The molecular weight excluding hydrogens is 360 g/mol. The molecule has 1 aliphatic rings. The molecule has 150 valence electrons. The number of ether oxygens (including phenoxy) is 2. The van der Waals surface area contributed by atoms with E-state index in [2.05, 4.69) is 10.4 Å². The van der Waals surface area contributed by atoms with E-state index in [9.17, 15) is 9.59 Å². The lowest BCUT2D eigenvalue weighted by Crippen LogP contribution is -2.42. The van der Waals surface area contributed by atoms with Crippen LogP contribution in [0.4, 0.5) is 5.69 Å². The molecule has 8 nitrogen and oxygen atoms in total. The number of likely N-dealkylation sites (tertiary alicyclic amines) is 1. The van der Waals surface area contributed by atoms with Crippen molar-refractivity contribution in [1.29, 1.82) is 0 Å². The quantitative estimate of drug-likeness (QED) is 0.733. The highest BCUT2D eigenvalue weighted by atomic mass is 16.5. The Balaban J connectivity index is 1.62. The number of rotatable bonds is 7. The number of carbonyl (C=O) groups excluding carboxylic acids is 2. The molecule has 28 heavy (non-hydrogen) atoms. The fraction of sp³-hybridized carbons (Fsp3) is 0.450. The summed E-state index contributed by atoms with van der Waals surface area (Å²) in [6.45, 7) is 1.59. The molecule has 0 radical (unpaired) electrons. The van der Waals surface area contributed by atoms with E-state index in [1.54, 1.807) is 56.5 Å². The fourth-order valence-corrected chi connectivity index (χ4v) is 3.52. The Morgan fingerprint density at radius 2 is 2.11 bits per heavy atom. The predicted molar refractivity (Wildman–Crippen MR) is 105 cm³/mol. The second-order valence-corrected chi connectivity index (χ2v) is 6.96. The van der Waals surface area contributed by atoms with Crippen LogP contribution >= 0.6 is 0 Å². The van der Waals surface area contributed by atoms with Crippen molar-refractivity contribution in [2.75, 3.05) is 39.2 Å². The smallest absolute Gasteiger partial charge is 0.238 e. The molecule has 0 aliphatic carbocycles. The number of nitrogens with zero attached hydrogens (tertiary/aromatic N) is 3. The SMILES string of the molecule is COc1ccc(C(=O)[C@@H]2CCCN(CC(=O)Nc3cnn(C)c3)C2)c(OC)c1. The van der Waals surface area contributed by atoms with E-state index < -0.39 is 0 Å². The highest BCUT2D eigenvalue weighted by Gasteiger charge is 2.29. The Morgan fingerprint density at radius 1 is 1.29 bits per heavy atom. The lowest BCUT2D eigenvalue weighted by atomic mass is 9.89. The number of piperidine rings is 1. The molecule has 1 saturated heterocycles. The Kier molecular flexibility index (Phi) is 6.30. The Hall–Kier alpha value is -2.87. The number of ketones is 1. The van der Waals surface area contributed by atoms with Gasteiger partial charge in [0.25, 0.3) is 0 Å². The van der Waals surface area contributed by atoms with E-state index >= 15 is 0 Å². The molecule has 8 heteroatoms. The average Bonchev–Trinajstić information content (AvgIpc) is 3.11. The van der Waals surface area contributed by atoms with Crippen molar-refractivity contribution < 1.29 is 19.1 Å². The lowest BCUT2D eigenvalue weighted by molar-refractivity contribution is -0.117. The molecule has 2 aromatic rings. The third-order valence-electron chi connectivity index (χ3n) is 4.91. The second kappa shape index (κ2) is 8.88. The van der Waals surface area contributed by atoms with Gasteiger partial charge >= 0.3 is 0 Å². The molecule has 3 rings (SSSR count). The molecule has 1 aromatic heterocycles. The number of anilines is 1. The van der Waals surface area contributed by atoms with Crippen LogP contribution in [-0.2, 0) is 11.8 Å². The maximum Gasteiger partial charge on any atom is 0.238 e. The van der Waals surface area contributed by atoms with Crippen LogP contribution in [0.3, 0.4) is 0 Å². The zero-order valence-electron chi connectivity index (χ0n) is 16.5. The van der Waals surface area contributed by atoms with Gasteiger partial charge in [-0.05, 0) is 31.5 Å². The molecule has 0 saturated carbocycles. The maximum absolute atomic E-state index is 13.0. The third kappa shape index (κ3) is 4.69. The van der Waals surface area contributed by atoms with Crippen LogP contribution in [0.5, 0.6) is 11.5 Å². The molecule has 0 bridgehead atoms. The van der Waals surface area contributed by atoms with Crippen molar-refractivity contribution in [3.05, 3.63) is 36.2 Å². The van der Waals surface area contributed by atoms with Crippen LogP contribution in [0, 0.1) is 5.92 Å². The van der Waals surface area contributed by atoms with E-state index in [1.807, 2.05) is 4.90 Å². The first-order valence-electron chi connectivity index (χ1n) is 9.27. The van der Waals surface area contributed by atoms with Crippen LogP contribution in [0.25, 0.3) is 0 Å². The van der Waals surface area contributed by atoms with Gasteiger partial charge < -0.3 is 14.8 Å². The van der Waals surface area contributed by atoms with Crippen LogP contribution in [0.1, 0.15) is 23.2 Å². The van der Waals surface area contributed by atoms with E-state index in [-0.39, 0.29) is 24.2 Å². The Bertz CT molecular complexity index is 848. The predicted octanol–water partition coefficient (Wildman–Crippen LogP) is 1.97. The minimum atomic E-state index is -0.165. The number of nitrogens with one attached hydrogen (secondary N) is 1. The van der Waals surface area contributed by atoms with Gasteiger partial charge in [-0.15, -0.1) is 0 Å². The number of aromatic nitrogens is 2. The average molecular weight is 386 g/mol. The lowest BCUT2D eigenvalue weighted by Gasteiger charge is -2.31. The van der Waals surface area contributed by atoms with Gasteiger partial charge in [-0.25, -0.2) is 0 Å². The van der Waals surface area contributed by atoms with Crippen LogP contribution in [0.2, 0.25) is 0 Å². The molecule has 1 fully saturated rings. The molecule has 0 spiro atoms. The third-order valence-corrected chi connectivity index (χ3v) is 4.91. The Morgan fingerprint density at radius 3 is 2.79 bits per heavy atom. The topological polar surface area (TPSA) is 85.7 Å². The van der Waals surface area contributed by atoms with Gasteiger partial charge in [0.05, 0.1) is 38.2 Å². The molecule has 2 heterocycles. The van der Waals surface area contributed by atoms with E-state index in [1.165, 1.54) is 0 Å². The summed E-state index contributed by atoms with van der Waals surface area (Å²) < 4.78 is 12.2. The normalized spacial score (nSPS) is 17.2. The van der Waals surface area contributed by atoms with Crippen LogP contribution in [-0.4, -0.2) is 60.2 Å². The number of carbonyl (C=O) groups is 2. The molecule has 1 aromatic carbocycles. The zero-order valence-corrected chi connectivity index (χ0v) is 16.5. The number of methoxy groups -OCH3 is 2. The van der Waals surface area contributed by atoms with Gasteiger partial charge in [0.1, 0.15) is 11.5 Å². The summed E-state index contributed by atoms with van der Waals surface area (Å²) >= 11 is 0. The summed E-state index contributed by atoms with van der Waals surface area (Å²) in [6.07, 6.45) is 5.02. The number of Topliss-reactive ketones (excluding diaryl/α,β-unsaturated/α-hetero) is 1. The molecular formula is C20H26N4O4. The van der Waals surface area contributed by atoms with Gasteiger partial charge in [-0.3, -0.25) is 19.2 Å². The van der Waals surface area contributed by atoms with Crippen molar-refractivity contribution in [2.24, 2.45) is 13.0 Å². The largest absolute Gasteiger partial charge is 0.497 e. The van der Waals surface area contributed by atoms with Gasteiger partial charge in [0.2, 0.25) is 5.91 Å². The second-order valence-electron chi connectivity index (χ2n) is 6.96. The summed E-state index contributed by atoms with van der Waals surface area (Å²) in [5, 5.41) is 6.87. The first kappa shape index (κ1) is 19.9. The van der Waals surface area contributed by atoms with Crippen molar-refractivity contribution in [3.8, 4) is 11.5 Å². The van der Waals surface area contributed by atoms with E-state index in [0.29, 0.717) is 29.3 Å². The molecule has 0 unspecified atom stereocenters. The zero-order chi connectivity index (χ0) is 20.1. The van der Waals surface area contributed by atoms with Crippen molar-refractivity contribution in [1.82, 2.24) is 14.7 Å². The highest BCUT2D eigenvalue weighted by molar-refractivity contribution is 6.00. The van der Waals surface area contributed by atoms with Crippen molar-refractivity contribution >= 4 is 17.4 Å². The number of aryl methyl sites for hydroxylation is 1. The van der Waals surface area contributed by atoms with E-state index in [0.717, 1.165) is 19.4 Å². The monoisotopic (exact) mass is 386 g/mol. The van der Waals surface area contributed by atoms with E-state index in [4.69, 9.17) is 9.47 Å². The standard InChI is InChI=1S/C20H26N4O4/c1-23-12-15(10-21-23)22-19(25)13-24-8-4-5-14(11-24)20(26)17-7-6-16(27-2)9-18(17)28-3/h6-7,9-10,12,14H,4-5,8,11,13H2,1-3H3,(H,22,25)/t14-/m1/s1. The fourth-order valence-electron chi connectivity index (χ4n) is 3.52. The molecule has 1 aliphatic heterocycles. The highest BCUT2D eigenvalue weighted by Crippen LogP contribution is 2.29. The van der Waals surface area contributed by atoms with Gasteiger partial charge in [-0.2, -0.15) is 5.10 Å². The molecule has 1 amide bonds.